The topological polar surface area (TPSA) is 63.2 Å². The smallest absolute Gasteiger partial charge is 0.240 e. The number of benzene rings is 2. The quantitative estimate of drug-likeness (QED) is 0.838. The molecule has 2 aromatic carbocycles. The van der Waals surface area contributed by atoms with Crippen LogP contribution in [0.4, 0.5) is 4.39 Å². The largest absolute Gasteiger partial charge is 0.259 e. The molecule has 2 rings (SSSR count). The first-order chi connectivity index (χ1) is 10.5. The molecular weight excluding hydrogens is 325 g/mol. The maximum Gasteiger partial charge on any atom is 0.240 e. The molecule has 0 aliphatic rings. The van der Waals surface area contributed by atoms with E-state index < -0.39 is 26.6 Å². The van der Waals surface area contributed by atoms with Crippen LogP contribution in [0, 0.1) is 5.82 Å². The molecule has 2 aromatic rings. The number of nitrogens with one attached hydrogen (secondary N) is 1. The fourth-order valence-electron chi connectivity index (χ4n) is 1.84. The van der Waals surface area contributed by atoms with Crippen molar-refractivity contribution in [3.8, 4) is 0 Å². The summed E-state index contributed by atoms with van der Waals surface area (Å²) in [4.78, 5) is -0.138. The molecule has 0 bridgehead atoms. The second-order valence-corrected chi connectivity index (χ2v) is 7.97. The number of hydrogen-bond donors (Lipinski definition) is 1. The Kier molecular flexibility index (Phi) is 5.82. The molecule has 7 heteroatoms. The Balaban J connectivity index is 1.86. The minimum Gasteiger partial charge on any atom is -0.259 e. The van der Waals surface area contributed by atoms with Crippen molar-refractivity contribution in [2.24, 2.45) is 0 Å². The van der Waals surface area contributed by atoms with Crippen LogP contribution in [0.5, 0.6) is 0 Å². The molecule has 1 unspecified atom stereocenters. The van der Waals surface area contributed by atoms with E-state index in [-0.39, 0.29) is 17.2 Å². The lowest BCUT2D eigenvalue weighted by Crippen LogP contribution is -2.28. The van der Waals surface area contributed by atoms with E-state index in [1.165, 1.54) is 18.2 Å². The lowest BCUT2D eigenvalue weighted by atomic mass is 10.2. The van der Waals surface area contributed by atoms with Crippen molar-refractivity contribution in [2.75, 3.05) is 12.3 Å². The van der Waals surface area contributed by atoms with E-state index >= 15 is 0 Å². The summed E-state index contributed by atoms with van der Waals surface area (Å²) < 4.78 is 51.2. The zero-order valence-electron chi connectivity index (χ0n) is 11.7. The molecular formula is C15H16FNO3S2. The highest BCUT2D eigenvalue weighted by Crippen LogP contribution is 2.10. The monoisotopic (exact) mass is 341 g/mol. The summed E-state index contributed by atoms with van der Waals surface area (Å²) in [6.07, 6.45) is 0. The van der Waals surface area contributed by atoms with E-state index in [2.05, 4.69) is 4.72 Å². The summed E-state index contributed by atoms with van der Waals surface area (Å²) in [5.41, 5.74) is 0.939. The molecule has 0 saturated carbocycles. The van der Waals surface area contributed by atoms with Gasteiger partial charge < -0.3 is 0 Å². The Morgan fingerprint density at radius 1 is 1.05 bits per heavy atom. The molecule has 0 spiro atoms. The van der Waals surface area contributed by atoms with Crippen LogP contribution in [0.3, 0.4) is 0 Å². The molecule has 0 heterocycles. The first-order valence-corrected chi connectivity index (χ1v) is 9.58. The fraction of sp³-hybridized carbons (Fsp3) is 0.200. The molecule has 22 heavy (non-hydrogen) atoms. The van der Waals surface area contributed by atoms with Gasteiger partial charge in [0.1, 0.15) is 5.82 Å². The highest BCUT2D eigenvalue weighted by Gasteiger charge is 2.14. The van der Waals surface area contributed by atoms with Crippen LogP contribution in [-0.2, 0) is 26.6 Å². The van der Waals surface area contributed by atoms with E-state index in [9.17, 15) is 17.0 Å². The van der Waals surface area contributed by atoms with Crippen molar-refractivity contribution in [3.05, 3.63) is 66.0 Å². The first kappa shape index (κ1) is 16.8. The van der Waals surface area contributed by atoms with Crippen LogP contribution in [0.15, 0.2) is 59.5 Å². The number of halogens is 1. The van der Waals surface area contributed by atoms with Crippen LogP contribution in [0.2, 0.25) is 0 Å². The van der Waals surface area contributed by atoms with E-state index in [1.807, 2.05) is 30.3 Å². The predicted molar refractivity (Wildman–Crippen MR) is 84.7 cm³/mol. The Morgan fingerprint density at radius 3 is 2.45 bits per heavy atom. The number of sulfonamides is 1. The van der Waals surface area contributed by atoms with Crippen molar-refractivity contribution < 1.29 is 17.0 Å². The van der Waals surface area contributed by atoms with E-state index in [0.717, 1.165) is 11.6 Å². The predicted octanol–water partition coefficient (Wildman–Crippen LogP) is 2.05. The van der Waals surface area contributed by atoms with Crippen molar-refractivity contribution in [1.29, 1.82) is 0 Å². The summed E-state index contributed by atoms with van der Waals surface area (Å²) >= 11 is 0. The lowest BCUT2D eigenvalue weighted by Gasteiger charge is -2.07. The zero-order valence-corrected chi connectivity index (χ0v) is 13.4. The van der Waals surface area contributed by atoms with Crippen molar-refractivity contribution >= 4 is 20.8 Å². The van der Waals surface area contributed by atoms with E-state index in [0.29, 0.717) is 5.75 Å². The highest BCUT2D eigenvalue weighted by atomic mass is 32.2. The Morgan fingerprint density at radius 2 is 1.77 bits per heavy atom. The molecule has 0 radical (unpaired) electrons. The molecule has 1 N–H and O–H groups in total. The first-order valence-electron chi connectivity index (χ1n) is 6.61. The molecule has 1 atom stereocenters. The summed E-state index contributed by atoms with van der Waals surface area (Å²) in [6.45, 7) is 0.0400. The third kappa shape index (κ3) is 5.01. The third-order valence-electron chi connectivity index (χ3n) is 2.90. The molecule has 0 fully saturated rings. The Hall–Kier alpha value is -1.57. The van der Waals surface area contributed by atoms with Gasteiger partial charge in [-0.15, -0.1) is 0 Å². The maximum atomic E-state index is 13.0. The summed E-state index contributed by atoms with van der Waals surface area (Å²) in [5.74, 6) is -0.0399. The minimum atomic E-state index is -3.78. The van der Waals surface area contributed by atoms with Crippen LogP contribution in [0.1, 0.15) is 5.56 Å². The molecule has 118 valence electrons. The highest BCUT2D eigenvalue weighted by molar-refractivity contribution is 7.89. The van der Waals surface area contributed by atoms with Gasteiger partial charge in [0.15, 0.2) is 0 Å². The second kappa shape index (κ2) is 7.62. The van der Waals surface area contributed by atoms with Gasteiger partial charge in [-0.2, -0.15) is 0 Å². The standard InChI is InChI=1S/C15H16FNO3S2/c16-14-7-4-8-15(11-14)22(19,20)17-9-10-21(18)12-13-5-2-1-3-6-13/h1-8,11,17H,9-10,12H2. The Bertz CT molecular complexity index is 748. The minimum absolute atomic E-state index is 0.0400. The van der Waals surface area contributed by atoms with Gasteiger partial charge in [0, 0.05) is 28.9 Å². The molecule has 0 aliphatic heterocycles. The molecule has 0 aromatic heterocycles. The van der Waals surface area contributed by atoms with Gasteiger partial charge in [0.2, 0.25) is 10.0 Å². The van der Waals surface area contributed by atoms with Gasteiger partial charge in [-0.3, -0.25) is 4.21 Å². The van der Waals surface area contributed by atoms with Crippen LogP contribution >= 0.6 is 0 Å². The molecule has 4 nitrogen and oxygen atoms in total. The van der Waals surface area contributed by atoms with Crippen molar-refractivity contribution in [1.82, 2.24) is 4.72 Å². The second-order valence-electron chi connectivity index (χ2n) is 4.63. The van der Waals surface area contributed by atoms with Crippen molar-refractivity contribution in [2.45, 2.75) is 10.6 Å². The van der Waals surface area contributed by atoms with Gasteiger partial charge in [0.05, 0.1) is 4.90 Å². The SMILES string of the molecule is O=S(CCNS(=O)(=O)c1cccc(F)c1)Cc1ccccc1. The summed E-state index contributed by atoms with van der Waals surface area (Å²) in [6, 6.07) is 14.1. The normalized spacial score (nSPS) is 13.0. The van der Waals surface area contributed by atoms with Gasteiger partial charge in [0.25, 0.3) is 0 Å². The van der Waals surface area contributed by atoms with Gasteiger partial charge in [-0.25, -0.2) is 17.5 Å². The van der Waals surface area contributed by atoms with Gasteiger partial charge >= 0.3 is 0 Å². The lowest BCUT2D eigenvalue weighted by molar-refractivity contribution is 0.580. The molecule has 0 amide bonds. The molecule has 0 aliphatic carbocycles. The van der Waals surface area contributed by atoms with Gasteiger partial charge in [-0.05, 0) is 23.8 Å². The molecule has 0 saturated heterocycles. The third-order valence-corrected chi connectivity index (χ3v) is 5.67. The number of hydrogen-bond acceptors (Lipinski definition) is 3. The Labute approximate surface area is 131 Å². The average Bonchev–Trinajstić information content (AvgIpc) is 2.48. The summed E-state index contributed by atoms with van der Waals surface area (Å²) in [5, 5.41) is 0. The van der Waals surface area contributed by atoms with E-state index in [1.54, 1.807) is 0 Å². The van der Waals surface area contributed by atoms with Crippen LogP contribution in [-0.4, -0.2) is 24.9 Å². The zero-order chi connectivity index (χ0) is 16.0. The number of rotatable bonds is 7. The van der Waals surface area contributed by atoms with Gasteiger partial charge in [-0.1, -0.05) is 36.4 Å². The van der Waals surface area contributed by atoms with Crippen molar-refractivity contribution in [3.63, 3.8) is 0 Å². The average molecular weight is 341 g/mol. The summed E-state index contributed by atoms with van der Waals surface area (Å²) in [7, 11) is -4.94. The maximum absolute atomic E-state index is 13.0. The van der Waals surface area contributed by atoms with Crippen LogP contribution < -0.4 is 4.72 Å². The van der Waals surface area contributed by atoms with Crippen LogP contribution in [0.25, 0.3) is 0 Å². The van der Waals surface area contributed by atoms with E-state index in [4.69, 9.17) is 0 Å². The fourth-order valence-corrected chi connectivity index (χ4v) is 4.07.